The van der Waals surface area contributed by atoms with Gasteiger partial charge in [0.25, 0.3) is 0 Å². The van der Waals surface area contributed by atoms with Crippen molar-refractivity contribution in [2.24, 2.45) is 0 Å². The van der Waals surface area contributed by atoms with Gasteiger partial charge in [-0.1, -0.05) is 12.1 Å². The first-order valence-corrected chi connectivity index (χ1v) is 10.6. The third-order valence-electron chi connectivity index (χ3n) is 5.94. The SMILES string of the molecule is Cc1nc2ccccc2nc1N1CCN(c2cc(N3CCCCC3)ncn2)CC1. The van der Waals surface area contributed by atoms with E-state index < -0.39 is 0 Å². The number of nitrogens with zero attached hydrogens (tertiary/aromatic N) is 7. The van der Waals surface area contributed by atoms with E-state index in [9.17, 15) is 0 Å². The summed E-state index contributed by atoms with van der Waals surface area (Å²) in [6.45, 7) is 7.92. The summed E-state index contributed by atoms with van der Waals surface area (Å²) in [5.41, 5.74) is 2.91. The summed E-state index contributed by atoms with van der Waals surface area (Å²) in [4.78, 5) is 25.8. The van der Waals surface area contributed by atoms with Gasteiger partial charge in [0.05, 0.1) is 16.7 Å². The molecule has 1 aromatic carbocycles. The van der Waals surface area contributed by atoms with Gasteiger partial charge in [-0.25, -0.2) is 19.9 Å². The second-order valence-electron chi connectivity index (χ2n) is 7.88. The van der Waals surface area contributed by atoms with Gasteiger partial charge in [-0.05, 0) is 38.3 Å². The van der Waals surface area contributed by atoms with E-state index in [1.807, 2.05) is 24.3 Å². The number of fused-ring (bicyclic) bond motifs is 1. The number of aryl methyl sites for hydroxylation is 1. The predicted octanol–water partition coefficient (Wildman–Crippen LogP) is 3.05. The number of benzene rings is 1. The van der Waals surface area contributed by atoms with Gasteiger partial charge in [0.15, 0.2) is 5.82 Å². The standard InChI is InChI=1S/C22H27N7/c1-17-22(26-19-8-4-3-7-18(19)25-17)29-13-11-28(12-14-29)21-15-20(23-16-24-21)27-9-5-2-6-10-27/h3-4,7-8,15-16H,2,5-6,9-14H2,1H3. The fourth-order valence-electron chi connectivity index (χ4n) is 4.33. The summed E-state index contributed by atoms with van der Waals surface area (Å²) < 4.78 is 0. The minimum Gasteiger partial charge on any atom is -0.356 e. The molecule has 0 unspecified atom stereocenters. The van der Waals surface area contributed by atoms with Crippen LogP contribution in [0.1, 0.15) is 25.0 Å². The van der Waals surface area contributed by atoms with Crippen LogP contribution < -0.4 is 14.7 Å². The molecule has 0 saturated carbocycles. The van der Waals surface area contributed by atoms with Gasteiger partial charge in [-0.15, -0.1) is 0 Å². The van der Waals surface area contributed by atoms with Crippen LogP contribution in [0, 0.1) is 6.92 Å². The number of aromatic nitrogens is 4. The molecule has 2 aliphatic heterocycles. The third kappa shape index (κ3) is 3.69. The van der Waals surface area contributed by atoms with E-state index in [1.165, 1.54) is 19.3 Å². The van der Waals surface area contributed by atoms with Crippen molar-refractivity contribution in [2.75, 3.05) is 54.0 Å². The van der Waals surface area contributed by atoms with Crippen LogP contribution in [0.3, 0.4) is 0 Å². The van der Waals surface area contributed by atoms with Gasteiger partial charge in [0.1, 0.15) is 18.0 Å². The number of piperidine rings is 1. The van der Waals surface area contributed by atoms with Crippen LogP contribution >= 0.6 is 0 Å². The molecule has 0 radical (unpaired) electrons. The summed E-state index contributed by atoms with van der Waals surface area (Å²) in [6, 6.07) is 10.2. The molecular formula is C22H27N7. The van der Waals surface area contributed by atoms with Crippen LogP contribution in [0.25, 0.3) is 11.0 Å². The molecule has 5 rings (SSSR count). The van der Waals surface area contributed by atoms with E-state index in [4.69, 9.17) is 9.97 Å². The quantitative estimate of drug-likeness (QED) is 0.682. The van der Waals surface area contributed by atoms with E-state index in [2.05, 4.69) is 37.7 Å². The van der Waals surface area contributed by atoms with Gasteiger partial charge >= 0.3 is 0 Å². The Bertz CT molecular complexity index is 991. The van der Waals surface area contributed by atoms with Gasteiger partial charge < -0.3 is 14.7 Å². The zero-order chi connectivity index (χ0) is 19.6. The number of hydrogen-bond acceptors (Lipinski definition) is 7. The summed E-state index contributed by atoms with van der Waals surface area (Å²) in [5.74, 6) is 3.09. The maximum atomic E-state index is 4.88. The number of hydrogen-bond donors (Lipinski definition) is 0. The van der Waals surface area contributed by atoms with Crippen LogP contribution in [0.4, 0.5) is 17.5 Å². The number of piperazine rings is 1. The summed E-state index contributed by atoms with van der Waals surface area (Å²) in [5, 5.41) is 0. The fourth-order valence-corrected chi connectivity index (χ4v) is 4.33. The van der Waals surface area contributed by atoms with Crippen molar-refractivity contribution in [1.29, 1.82) is 0 Å². The Labute approximate surface area is 171 Å². The van der Waals surface area contributed by atoms with Gasteiger partial charge in [-0.3, -0.25) is 0 Å². The Kier molecular flexibility index (Phi) is 4.87. The highest BCUT2D eigenvalue weighted by Gasteiger charge is 2.22. The number of para-hydroxylation sites is 2. The van der Waals surface area contributed by atoms with Crippen LogP contribution in [0.15, 0.2) is 36.7 Å². The normalized spacial score (nSPS) is 17.8. The van der Waals surface area contributed by atoms with Crippen molar-refractivity contribution < 1.29 is 0 Å². The predicted molar refractivity (Wildman–Crippen MR) is 117 cm³/mol. The molecule has 0 aliphatic carbocycles. The molecular weight excluding hydrogens is 362 g/mol. The molecule has 7 nitrogen and oxygen atoms in total. The Balaban J connectivity index is 1.30. The molecule has 29 heavy (non-hydrogen) atoms. The second kappa shape index (κ2) is 7.81. The average Bonchev–Trinajstić information content (AvgIpc) is 2.79. The lowest BCUT2D eigenvalue weighted by Gasteiger charge is -2.37. The van der Waals surface area contributed by atoms with Crippen LogP contribution in [-0.2, 0) is 0 Å². The largest absolute Gasteiger partial charge is 0.356 e. The minimum atomic E-state index is 0.914. The highest BCUT2D eigenvalue weighted by atomic mass is 15.3. The monoisotopic (exact) mass is 389 g/mol. The van der Waals surface area contributed by atoms with E-state index in [0.717, 1.165) is 73.4 Å². The molecule has 0 N–H and O–H groups in total. The van der Waals surface area contributed by atoms with Crippen LogP contribution in [0.5, 0.6) is 0 Å². The highest BCUT2D eigenvalue weighted by Crippen LogP contribution is 2.25. The molecule has 0 atom stereocenters. The molecule has 7 heteroatoms. The van der Waals surface area contributed by atoms with E-state index in [0.29, 0.717) is 0 Å². The first kappa shape index (κ1) is 18.1. The van der Waals surface area contributed by atoms with Crippen molar-refractivity contribution in [1.82, 2.24) is 19.9 Å². The van der Waals surface area contributed by atoms with Crippen molar-refractivity contribution in [2.45, 2.75) is 26.2 Å². The molecule has 0 amide bonds. The van der Waals surface area contributed by atoms with Gasteiger partial charge in [0.2, 0.25) is 0 Å². The summed E-state index contributed by atoms with van der Waals surface area (Å²) in [7, 11) is 0. The maximum absolute atomic E-state index is 4.88. The topological polar surface area (TPSA) is 61.3 Å². The lowest BCUT2D eigenvalue weighted by molar-refractivity contribution is 0.572. The van der Waals surface area contributed by atoms with Gasteiger partial charge in [0, 0.05) is 45.3 Å². The molecule has 0 spiro atoms. The Morgan fingerprint density at radius 1 is 0.690 bits per heavy atom. The fraction of sp³-hybridized carbons (Fsp3) is 0.455. The molecule has 2 aliphatic rings. The lowest BCUT2D eigenvalue weighted by Crippen LogP contribution is -2.47. The van der Waals surface area contributed by atoms with Crippen LogP contribution in [0.2, 0.25) is 0 Å². The molecule has 2 fully saturated rings. The molecule has 2 aromatic heterocycles. The van der Waals surface area contributed by atoms with E-state index in [1.54, 1.807) is 6.33 Å². The Morgan fingerprint density at radius 2 is 1.28 bits per heavy atom. The lowest BCUT2D eigenvalue weighted by atomic mass is 10.1. The van der Waals surface area contributed by atoms with Gasteiger partial charge in [-0.2, -0.15) is 0 Å². The highest BCUT2D eigenvalue weighted by molar-refractivity contribution is 5.76. The summed E-state index contributed by atoms with van der Waals surface area (Å²) >= 11 is 0. The van der Waals surface area contributed by atoms with Crippen LogP contribution in [-0.4, -0.2) is 59.2 Å². The first-order valence-electron chi connectivity index (χ1n) is 10.6. The van der Waals surface area contributed by atoms with Crippen molar-refractivity contribution in [3.05, 3.63) is 42.4 Å². The van der Waals surface area contributed by atoms with E-state index in [-0.39, 0.29) is 0 Å². The number of rotatable bonds is 3. The molecule has 2 saturated heterocycles. The second-order valence-corrected chi connectivity index (χ2v) is 7.88. The van der Waals surface area contributed by atoms with Crippen molar-refractivity contribution in [3.8, 4) is 0 Å². The first-order chi connectivity index (χ1) is 14.3. The third-order valence-corrected chi connectivity index (χ3v) is 5.94. The summed E-state index contributed by atoms with van der Waals surface area (Å²) in [6.07, 6.45) is 5.55. The Hall–Kier alpha value is -2.96. The molecule has 3 aromatic rings. The van der Waals surface area contributed by atoms with Crippen molar-refractivity contribution >= 4 is 28.5 Å². The maximum Gasteiger partial charge on any atom is 0.150 e. The minimum absolute atomic E-state index is 0.914. The molecule has 4 heterocycles. The average molecular weight is 390 g/mol. The Morgan fingerprint density at radius 3 is 1.97 bits per heavy atom. The van der Waals surface area contributed by atoms with Crippen molar-refractivity contribution in [3.63, 3.8) is 0 Å². The number of anilines is 3. The van der Waals surface area contributed by atoms with E-state index >= 15 is 0 Å². The molecule has 0 bridgehead atoms. The zero-order valence-corrected chi connectivity index (χ0v) is 17.0. The molecule has 150 valence electrons. The smallest absolute Gasteiger partial charge is 0.150 e. The zero-order valence-electron chi connectivity index (χ0n) is 17.0.